The molecule has 0 fully saturated rings. The maximum Gasteiger partial charge on any atom is 0.333 e. The molecule has 1 unspecified atom stereocenters. The molecule has 0 aromatic rings. The second-order valence-electron chi connectivity index (χ2n) is 9.72. The topological polar surface area (TPSA) is 325 Å². The van der Waals surface area contributed by atoms with Crippen LogP contribution in [0.15, 0.2) is 74.3 Å². The highest BCUT2D eigenvalue weighted by Gasteiger charge is 2.11. The monoisotopic (exact) mass is 793 g/mol. The lowest BCUT2D eigenvalue weighted by Crippen LogP contribution is -2.28. The average Bonchev–Trinajstić information content (AvgIpc) is 3.15. The van der Waals surface area contributed by atoms with E-state index in [1.54, 1.807) is 13.8 Å². The minimum absolute atomic E-state index is 0.0288. The SMILES string of the molecule is C=C(C)C(=O)NCCCCC(O)C(=O)O.C=C(C)C(=O)NCCO.C=C(CO)C(=O)O.C=C(COC=O)C(=O)NCCO.C=COC=O.C=COCCCO. The molecule has 3 amide bonds. The highest BCUT2D eigenvalue weighted by molar-refractivity contribution is 5.93. The Morgan fingerprint density at radius 2 is 1.15 bits per heavy atom. The van der Waals surface area contributed by atoms with Crippen molar-refractivity contribution < 1.29 is 83.5 Å². The molecule has 0 radical (unpaired) electrons. The number of aliphatic carboxylic acids is 2. The second-order valence-corrected chi connectivity index (χ2v) is 9.72. The maximum absolute atomic E-state index is 11.0. The molecule has 0 aromatic carbocycles. The summed E-state index contributed by atoms with van der Waals surface area (Å²) in [7, 11) is 0. The molecule has 0 rings (SSSR count). The van der Waals surface area contributed by atoms with Gasteiger partial charge in [0.1, 0.15) is 6.61 Å². The standard InChI is InChI=1S/C10H17NO4.C7H11NO4.C6H11NO2.C5H10O2.C4H6O3.C3H4O2/c1-7(2)9(13)11-6-4-3-5-8(12)10(14)15;1-6(4-12-5-10)7(11)8-2-3-9;1-5(2)6(9)7-3-4-8;1-2-7-5-3-4-6;1-3(2-5)4(6)7;1-2-5-3-4/h8,12H,1,3-6H2,2H3,(H,11,13)(H,14,15);5,9H,1-4H2,(H,8,11);8H,1,3-4H2,2H3,(H,7,9);2,6H,1,3-5H2;5H,1-2H2,(H,6,7);2-3H,1H2. The lowest BCUT2D eigenvalue weighted by Gasteiger charge is -2.06. The van der Waals surface area contributed by atoms with Crippen LogP contribution in [-0.4, -0.2) is 144 Å². The molecule has 0 aromatic heterocycles. The summed E-state index contributed by atoms with van der Waals surface area (Å²) in [5.74, 6) is -3.19. The number of carbonyl (C=O) groups is 7. The van der Waals surface area contributed by atoms with Crippen LogP contribution in [0.4, 0.5) is 0 Å². The third-order valence-corrected chi connectivity index (χ3v) is 4.87. The third kappa shape index (κ3) is 57.9. The van der Waals surface area contributed by atoms with Crippen molar-refractivity contribution in [2.24, 2.45) is 0 Å². The van der Waals surface area contributed by atoms with Gasteiger partial charge in [-0.1, -0.05) is 39.5 Å². The summed E-state index contributed by atoms with van der Waals surface area (Å²) in [6.45, 7) is 24.4. The lowest BCUT2D eigenvalue weighted by atomic mass is 10.1. The lowest BCUT2D eigenvalue weighted by molar-refractivity contribution is -0.147. The van der Waals surface area contributed by atoms with Gasteiger partial charge in [-0.2, -0.15) is 0 Å². The number of hydrogen-bond acceptors (Lipinski definition) is 15. The number of carboxylic acid groups (broad SMARTS) is 2. The molecule has 0 bridgehead atoms. The second kappa shape index (κ2) is 48.3. The number of aliphatic hydroxyl groups excluding tert-OH is 5. The van der Waals surface area contributed by atoms with E-state index >= 15 is 0 Å². The Morgan fingerprint density at radius 3 is 1.45 bits per heavy atom. The van der Waals surface area contributed by atoms with E-state index in [4.69, 9.17) is 40.5 Å². The molecule has 0 saturated carbocycles. The number of aliphatic hydroxyl groups is 5. The van der Waals surface area contributed by atoms with Gasteiger partial charge in [0, 0.05) is 49.4 Å². The fourth-order valence-electron chi connectivity index (χ4n) is 2.09. The van der Waals surface area contributed by atoms with Gasteiger partial charge in [0.15, 0.2) is 6.10 Å². The number of carbonyl (C=O) groups excluding carboxylic acids is 5. The Balaban J connectivity index is -0.000000136. The zero-order chi connectivity index (χ0) is 44.0. The van der Waals surface area contributed by atoms with E-state index in [0.29, 0.717) is 56.6 Å². The van der Waals surface area contributed by atoms with Crippen LogP contribution in [0.25, 0.3) is 0 Å². The molecule has 55 heavy (non-hydrogen) atoms. The number of carboxylic acids is 2. The van der Waals surface area contributed by atoms with Crippen LogP contribution in [-0.2, 0) is 47.8 Å². The number of nitrogens with one attached hydrogen (secondary N) is 3. The Labute approximate surface area is 321 Å². The van der Waals surface area contributed by atoms with Crippen molar-refractivity contribution in [1.29, 1.82) is 0 Å². The summed E-state index contributed by atoms with van der Waals surface area (Å²) in [6, 6.07) is 0. The van der Waals surface area contributed by atoms with Gasteiger partial charge in [-0.15, -0.1) is 0 Å². The van der Waals surface area contributed by atoms with Crippen molar-refractivity contribution in [3.05, 3.63) is 74.3 Å². The molecular weight excluding hydrogens is 734 g/mol. The van der Waals surface area contributed by atoms with Gasteiger partial charge in [-0.05, 0) is 33.1 Å². The Hall–Kier alpha value is -5.67. The van der Waals surface area contributed by atoms with Crippen LogP contribution in [0.2, 0.25) is 0 Å². The Kier molecular flexibility index (Phi) is 53.9. The zero-order valence-corrected chi connectivity index (χ0v) is 31.5. The number of ether oxygens (including phenoxy) is 3. The quantitative estimate of drug-likeness (QED) is 0.0248. The molecular formula is C35H59N3O17. The van der Waals surface area contributed by atoms with Gasteiger partial charge in [0.25, 0.3) is 12.9 Å². The van der Waals surface area contributed by atoms with Crippen molar-refractivity contribution in [2.45, 2.75) is 45.6 Å². The molecule has 0 saturated heterocycles. The predicted octanol–water partition coefficient (Wildman–Crippen LogP) is -0.759. The Bertz CT molecular complexity index is 1150. The van der Waals surface area contributed by atoms with Crippen LogP contribution in [0.3, 0.4) is 0 Å². The molecule has 0 aliphatic carbocycles. The number of rotatable bonds is 24. The fourth-order valence-corrected chi connectivity index (χ4v) is 2.09. The molecule has 0 spiro atoms. The molecule has 0 heterocycles. The van der Waals surface area contributed by atoms with Crippen molar-refractivity contribution >= 4 is 42.6 Å². The summed E-state index contributed by atoms with van der Waals surface area (Å²) < 4.78 is 12.9. The van der Waals surface area contributed by atoms with Crippen LogP contribution < -0.4 is 16.0 Å². The van der Waals surface area contributed by atoms with E-state index in [2.05, 4.69) is 69.6 Å². The van der Waals surface area contributed by atoms with Crippen molar-refractivity contribution in [1.82, 2.24) is 16.0 Å². The summed E-state index contributed by atoms with van der Waals surface area (Å²) in [5, 5.41) is 65.4. The van der Waals surface area contributed by atoms with E-state index in [1.807, 2.05) is 0 Å². The van der Waals surface area contributed by atoms with Crippen LogP contribution >= 0.6 is 0 Å². The van der Waals surface area contributed by atoms with E-state index in [1.165, 1.54) is 6.26 Å². The minimum Gasteiger partial charge on any atom is -0.502 e. The smallest absolute Gasteiger partial charge is 0.333 e. The first-order chi connectivity index (χ1) is 25.9. The summed E-state index contributed by atoms with van der Waals surface area (Å²) in [5.41, 5.74) is 0.875. The van der Waals surface area contributed by atoms with E-state index in [9.17, 15) is 28.8 Å². The number of hydrogen-bond donors (Lipinski definition) is 10. The maximum atomic E-state index is 11.0. The molecule has 1 atom stereocenters. The van der Waals surface area contributed by atoms with Crippen molar-refractivity contribution in [3.63, 3.8) is 0 Å². The average molecular weight is 794 g/mol. The van der Waals surface area contributed by atoms with Gasteiger partial charge in [0.2, 0.25) is 17.7 Å². The van der Waals surface area contributed by atoms with Crippen molar-refractivity contribution in [3.8, 4) is 0 Å². The van der Waals surface area contributed by atoms with Crippen LogP contribution in [0, 0.1) is 0 Å². The first-order valence-electron chi connectivity index (χ1n) is 15.9. The molecule has 20 heteroatoms. The summed E-state index contributed by atoms with van der Waals surface area (Å²) >= 11 is 0. The first-order valence-corrected chi connectivity index (χ1v) is 15.9. The highest BCUT2D eigenvalue weighted by atomic mass is 16.5. The fraction of sp³-hybridized carbons (Fsp3) is 0.457. The minimum atomic E-state index is -1.30. The van der Waals surface area contributed by atoms with E-state index in [0.717, 1.165) is 6.26 Å². The van der Waals surface area contributed by atoms with Crippen LogP contribution in [0.5, 0.6) is 0 Å². The molecule has 0 aliphatic rings. The molecule has 20 nitrogen and oxygen atoms in total. The first kappa shape index (κ1) is 61.4. The predicted molar refractivity (Wildman–Crippen MR) is 201 cm³/mol. The van der Waals surface area contributed by atoms with E-state index < -0.39 is 30.6 Å². The zero-order valence-electron chi connectivity index (χ0n) is 31.5. The number of amides is 3. The third-order valence-electron chi connectivity index (χ3n) is 4.87. The van der Waals surface area contributed by atoms with Crippen LogP contribution in [0.1, 0.15) is 39.5 Å². The molecule has 316 valence electrons. The largest absolute Gasteiger partial charge is 0.502 e. The summed E-state index contributed by atoms with van der Waals surface area (Å²) in [4.78, 5) is 71.2. The highest BCUT2D eigenvalue weighted by Crippen LogP contribution is 2.00. The van der Waals surface area contributed by atoms with Gasteiger partial charge in [0.05, 0.1) is 44.5 Å². The number of unbranched alkanes of at least 4 members (excludes halogenated alkanes) is 1. The van der Waals surface area contributed by atoms with Gasteiger partial charge >= 0.3 is 11.9 Å². The van der Waals surface area contributed by atoms with Gasteiger partial charge in [-0.3, -0.25) is 24.0 Å². The van der Waals surface area contributed by atoms with E-state index in [-0.39, 0.29) is 68.8 Å². The van der Waals surface area contributed by atoms with Gasteiger partial charge in [-0.25, -0.2) is 9.59 Å². The molecule has 0 aliphatic heterocycles. The molecule has 10 N–H and O–H groups in total. The van der Waals surface area contributed by atoms with Gasteiger partial charge < -0.3 is 65.9 Å². The normalized spacial score (nSPS) is 9.15. The summed E-state index contributed by atoms with van der Waals surface area (Å²) in [6.07, 6.45) is 3.22. The van der Waals surface area contributed by atoms with Crippen molar-refractivity contribution in [2.75, 3.05) is 59.3 Å². The Morgan fingerprint density at radius 1 is 0.655 bits per heavy atom.